The molecule has 1 aliphatic carbocycles. The summed E-state index contributed by atoms with van der Waals surface area (Å²) in [5.74, 6) is -0.202. The second kappa shape index (κ2) is 13.4. The van der Waals surface area contributed by atoms with E-state index in [0.717, 1.165) is 40.2 Å². The van der Waals surface area contributed by atoms with Crippen molar-refractivity contribution in [3.05, 3.63) is 62.5 Å². The number of nitrogens with zero attached hydrogens (tertiary/aromatic N) is 3. The summed E-state index contributed by atoms with van der Waals surface area (Å²) in [5.41, 5.74) is 1.18. The first-order chi connectivity index (χ1) is 20.4. The average molecular weight is 695 g/mol. The van der Waals surface area contributed by atoms with E-state index in [1.807, 2.05) is 0 Å². The maximum absolute atomic E-state index is 13.7. The first kappa shape index (κ1) is 32.2. The van der Waals surface area contributed by atoms with Gasteiger partial charge in [0.15, 0.2) is 21.1 Å². The van der Waals surface area contributed by atoms with E-state index in [1.165, 1.54) is 30.6 Å². The number of carbonyl (C=O) groups excluding carboxylic acids is 1. The Morgan fingerprint density at radius 1 is 1.16 bits per heavy atom. The second-order valence-electron chi connectivity index (χ2n) is 10.00. The van der Waals surface area contributed by atoms with Crippen LogP contribution in [-0.2, 0) is 26.0 Å². The summed E-state index contributed by atoms with van der Waals surface area (Å²) in [6, 6.07) is 4.26. The molecule has 2 atom stereocenters. The van der Waals surface area contributed by atoms with Gasteiger partial charge in [-0.15, -0.1) is 23.1 Å². The number of hydrogen-bond donors (Lipinski definition) is 0. The number of ether oxygens (including phenoxy) is 3. The van der Waals surface area contributed by atoms with Crippen LogP contribution in [0.4, 0.5) is 8.78 Å². The van der Waals surface area contributed by atoms with Crippen LogP contribution in [-0.4, -0.2) is 59.6 Å². The molecular formula is C27H27Cl2F2N3O6S3. The third kappa shape index (κ3) is 7.54. The number of sulfonamides is 1. The Bertz CT molecular complexity index is 1590. The van der Waals surface area contributed by atoms with E-state index < -0.39 is 34.1 Å². The number of pyridine rings is 1. The largest absolute Gasteiger partial charge is 0.489 e. The normalized spacial score (nSPS) is 18.2. The number of benzene rings is 1. The van der Waals surface area contributed by atoms with E-state index in [0.29, 0.717) is 40.1 Å². The van der Waals surface area contributed by atoms with Crippen molar-refractivity contribution in [3.63, 3.8) is 0 Å². The van der Waals surface area contributed by atoms with Crippen molar-refractivity contribution in [2.75, 3.05) is 18.9 Å². The molecule has 2 aliphatic rings. The van der Waals surface area contributed by atoms with Crippen molar-refractivity contribution < 1.29 is 36.2 Å². The molecule has 1 saturated heterocycles. The maximum atomic E-state index is 13.7. The highest BCUT2D eigenvalue weighted by Crippen LogP contribution is 2.40. The number of aryl methyl sites for hydroxylation is 2. The Morgan fingerprint density at radius 2 is 1.88 bits per heavy atom. The van der Waals surface area contributed by atoms with Crippen LogP contribution < -0.4 is 9.47 Å². The van der Waals surface area contributed by atoms with Crippen LogP contribution in [0.5, 0.6) is 11.5 Å². The molecule has 232 valence electrons. The Labute approximate surface area is 265 Å². The number of thioether (sulfide) groups is 1. The summed E-state index contributed by atoms with van der Waals surface area (Å²) in [5, 5.41) is -0.115. The van der Waals surface area contributed by atoms with E-state index in [9.17, 15) is 22.0 Å². The van der Waals surface area contributed by atoms with E-state index >= 15 is 0 Å². The van der Waals surface area contributed by atoms with Crippen molar-refractivity contribution in [1.29, 1.82) is 0 Å². The average Bonchev–Trinajstić information content (AvgIpc) is 3.50. The lowest BCUT2D eigenvalue weighted by atomic mass is 10.0. The zero-order chi connectivity index (χ0) is 30.9. The van der Waals surface area contributed by atoms with Crippen LogP contribution in [0.1, 0.15) is 40.8 Å². The fourth-order valence-electron chi connectivity index (χ4n) is 4.51. The molecule has 0 N–H and O–H groups in total. The molecule has 2 fully saturated rings. The van der Waals surface area contributed by atoms with Gasteiger partial charge in [0.1, 0.15) is 6.10 Å². The van der Waals surface area contributed by atoms with Crippen molar-refractivity contribution in [2.45, 2.75) is 55.4 Å². The lowest BCUT2D eigenvalue weighted by molar-refractivity contribution is -0.150. The predicted octanol–water partition coefficient (Wildman–Crippen LogP) is 6.44. The van der Waals surface area contributed by atoms with Gasteiger partial charge in [-0.2, -0.15) is 13.1 Å². The third-order valence-electron chi connectivity index (χ3n) is 6.78. The van der Waals surface area contributed by atoms with Gasteiger partial charge in [-0.1, -0.05) is 29.3 Å². The van der Waals surface area contributed by atoms with Crippen LogP contribution in [0.15, 0.2) is 34.8 Å². The van der Waals surface area contributed by atoms with Gasteiger partial charge in [0.2, 0.25) is 0 Å². The molecule has 1 aliphatic heterocycles. The van der Waals surface area contributed by atoms with Crippen LogP contribution in [0, 0.1) is 19.8 Å². The Morgan fingerprint density at radius 3 is 2.51 bits per heavy atom. The van der Waals surface area contributed by atoms with E-state index in [1.54, 1.807) is 13.8 Å². The predicted molar refractivity (Wildman–Crippen MR) is 160 cm³/mol. The van der Waals surface area contributed by atoms with Gasteiger partial charge < -0.3 is 14.2 Å². The lowest BCUT2D eigenvalue weighted by Gasteiger charge is -2.25. The van der Waals surface area contributed by atoms with Crippen LogP contribution in [0.3, 0.4) is 0 Å². The van der Waals surface area contributed by atoms with Gasteiger partial charge in [0.25, 0.3) is 10.0 Å². The molecule has 1 aromatic carbocycles. The SMILES string of the molecule is Cc1nc(C)c(S(=O)(=O)N2CCSC2C(=O)OC(Cc2c(Cl)cncc2Cl)c2ccc(OC(F)F)c(OCC3CC3)c2)s1. The van der Waals surface area contributed by atoms with Gasteiger partial charge in [-0.05, 0) is 55.9 Å². The second-order valence-corrected chi connectivity index (χ2v) is 15.3. The topological polar surface area (TPSA) is 108 Å². The molecule has 5 rings (SSSR count). The smallest absolute Gasteiger partial charge is 0.387 e. The molecule has 0 bridgehead atoms. The third-order valence-corrected chi connectivity index (χ3v) is 12.3. The van der Waals surface area contributed by atoms with Gasteiger partial charge in [-0.3, -0.25) is 4.98 Å². The standard InChI is InChI=1S/C27H27Cl2F2N3O6S3/c1-14-26(42-15(2)33-14)43(36,37)34-7-8-41-24(34)25(35)39-22(10-18-19(28)11-32-12-20(18)29)17-5-6-21(40-27(30)31)23(9-17)38-13-16-3-4-16/h5-6,9,11-12,16,22,24,27H,3-4,7-8,10,13H2,1-2H3. The Balaban J connectivity index is 1.47. The summed E-state index contributed by atoms with van der Waals surface area (Å²) in [6.07, 6.45) is 3.68. The van der Waals surface area contributed by atoms with Crippen LogP contribution in [0.2, 0.25) is 10.0 Å². The van der Waals surface area contributed by atoms with Crippen molar-refractivity contribution in [1.82, 2.24) is 14.3 Å². The summed E-state index contributed by atoms with van der Waals surface area (Å²) in [7, 11) is -4.04. The highest BCUT2D eigenvalue weighted by Gasteiger charge is 2.43. The number of alkyl halides is 2. The van der Waals surface area contributed by atoms with Gasteiger partial charge in [0.05, 0.1) is 27.4 Å². The van der Waals surface area contributed by atoms with Crippen LogP contribution in [0.25, 0.3) is 0 Å². The fraction of sp³-hybridized carbons (Fsp3) is 0.444. The Kier molecular flexibility index (Phi) is 10.0. The quantitative estimate of drug-likeness (QED) is 0.198. The molecule has 0 spiro atoms. The van der Waals surface area contributed by atoms with Gasteiger partial charge >= 0.3 is 12.6 Å². The zero-order valence-corrected chi connectivity index (χ0v) is 26.9. The molecule has 1 saturated carbocycles. The monoisotopic (exact) mass is 693 g/mol. The van der Waals surface area contributed by atoms with Gasteiger partial charge in [0, 0.05) is 31.1 Å². The summed E-state index contributed by atoms with van der Waals surface area (Å²) in [4.78, 5) is 21.9. The van der Waals surface area contributed by atoms with Gasteiger partial charge in [-0.25, -0.2) is 18.2 Å². The molecule has 9 nitrogen and oxygen atoms in total. The molecule has 0 radical (unpaired) electrons. The minimum absolute atomic E-state index is 0.0136. The highest BCUT2D eigenvalue weighted by atomic mass is 35.5. The molecule has 0 amide bonds. The van der Waals surface area contributed by atoms with Crippen LogP contribution >= 0.6 is 46.3 Å². The number of esters is 1. The molecule has 2 unspecified atom stereocenters. The van der Waals surface area contributed by atoms with Crippen molar-refractivity contribution in [3.8, 4) is 11.5 Å². The molecule has 43 heavy (non-hydrogen) atoms. The number of aromatic nitrogens is 2. The minimum Gasteiger partial charge on any atom is -0.489 e. The fourth-order valence-corrected chi connectivity index (χ4v) is 9.67. The number of rotatable bonds is 12. The molecule has 3 heterocycles. The van der Waals surface area contributed by atoms with E-state index in [4.69, 9.17) is 32.7 Å². The molecular weight excluding hydrogens is 667 g/mol. The summed E-state index contributed by atoms with van der Waals surface area (Å²) >= 11 is 15.0. The lowest BCUT2D eigenvalue weighted by Crippen LogP contribution is -2.40. The minimum atomic E-state index is -4.04. The first-order valence-corrected chi connectivity index (χ1v) is 17.3. The summed E-state index contributed by atoms with van der Waals surface area (Å²) in [6.45, 7) is 0.665. The first-order valence-electron chi connectivity index (χ1n) is 13.2. The number of hydrogen-bond acceptors (Lipinski definition) is 10. The Hall–Kier alpha value is -2.23. The summed E-state index contributed by atoms with van der Waals surface area (Å²) < 4.78 is 71.0. The maximum Gasteiger partial charge on any atom is 0.387 e. The number of carbonyl (C=O) groups is 1. The van der Waals surface area contributed by atoms with Crippen molar-refractivity contribution >= 4 is 62.3 Å². The van der Waals surface area contributed by atoms with E-state index in [2.05, 4.69) is 14.7 Å². The zero-order valence-electron chi connectivity index (χ0n) is 23.0. The van der Waals surface area contributed by atoms with Crippen molar-refractivity contribution in [2.24, 2.45) is 5.92 Å². The number of halogens is 4. The molecule has 16 heteroatoms. The molecule has 2 aromatic heterocycles. The number of thiazole rings is 1. The molecule has 3 aromatic rings. The van der Waals surface area contributed by atoms with E-state index in [-0.39, 0.29) is 38.7 Å². The highest BCUT2D eigenvalue weighted by molar-refractivity contribution is 8.02.